The molecule has 0 saturated carbocycles. The fraction of sp³-hybridized carbons (Fsp3) is 0.143. The van der Waals surface area contributed by atoms with E-state index in [1.54, 1.807) is 12.1 Å². The van der Waals surface area contributed by atoms with Gasteiger partial charge in [0.25, 0.3) is 0 Å². The lowest BCUT2D eigenvalue weighted by molar-refractivity contribution is 0.477. The van der Waals surface area contributed by atoms with E-state index in [0.29, 0.717) is 11.5 Å². The molecule has 0 heterocycles. The molecule has 0 unspecified atom stereocenters. The SMILES string of the molecule is C[C@@H](N)c1ccc(Oc2ccc(F)cc2)c(Br)c1. The number of benzene rings is 2. The van der Waals surface area contributed by atoms with E-state index in [0.717, 1.165) is 10.0 Å². The molecule has 2 nitrogen and oxygen atoms in total. The normalized spacial score (nSPS) is 12.2. The van der Waals surface area contributed by atoms with Crippen molar-refractivity contribution in [2.24, 2.45) is 5.73 Å². The van der Waals surface area contributed by atoms with E-state index in [4.69, 9.17) is 10.5 Å². The second kappa shape index (κ2) is 5.50. The lowest BCUT2D eigenvalue weighted by atomic mass is 10.1. The molecule has 18 heavy (non-hydrogen) atoms. The minimum atomic E-state index is -0.284. The summed E-state index contributed by atoms with van der Waals surface area (Å²) in [6.07, 6.45) is 0. The molecular formula is C14H13BrFNO. The quantitative estimate of drug-likeness (QED) is 0.912. The predicted molar refractivity (Wildman–Crippen MR) is 73.2 cm³/mol. The fourth-order valence-electron chi connectivity index (χ4n) is 1.51. The largest absolute Gasteiger partial charge is 0.456 e. The summed E-state index contributed by atoms with van der Waals surface area (Å²) >= 11 is 3.43. The number of hydrogen-bond acceptors (Lipinski definition) is 2. The molecule has 2 aromatic carbocycles. The van der Waals surface area contributed by atoms with Gasteiger partial charge in [0.15, 0.2) is 0 Å². The van der Waals surface area contributed by atoms with Crippen LogP contribution in [0.5, 0.6) is 11.5 Å². The maximum Gasteiger partial charge on any atom is 0.141 e. The van der Waals surface area contributed by atoms with Crippen molar-refractivity contribution in [1.29, 1.82) is 0 Å². The van der Waals surface area contributed by atoms with E-state index >= 15 is 0 Å². The van der Waals surface area contributed by atoms with Gasteiger partial charge in [-0.25, -0.2) is 4.39 Å². The van der Waals surface area contributed by atoms with Gasteiger partial charge in [0, 0.05) is 6.04 Å². The van der Waals surface area contributed by atoms with Crippen LogP contribution in [0.25, 0.3) is 0 Å². The maximum absolute atomic E-state index is 12.8. The van der Waals surface area contributed by atoms with Gasteiger partial charge in [-0.05, 0) is 64.8 Å². The van der Waals surface area contributed by atoms with Crippen molar-refractivity contribution in [3.05, 3.63) is 58.3 Å². The summed E-state index contributed by atoms with van der Waals surface area (Å²) in [5, 5.41) is 0. The molecule has 0 radical (unpaired) electrons. The Morgan fingerprint density at radius 1 is 1.17 bits per heavy atom. The third kappa shape index (κ3) is 3.09. The summed E-state index contributed by atoms with van der Waals surface area (Å²) in [4.78, 5) is 0. The first-order valence-corrected chi connectivity index (χ1v) is 6.34. The summed E-state index contributed by atoms with van der Waals surface area (Å²) in [5.41, 5.74) is 6.82. The summed E-state index contributed by atoms with van der Waals surface area (Å²) in [5.74, 6) is 0.977. The highest BCUT2D eigenvalue weighted by Gasteiger charge is 2.06. The van der Waals surface area contributed by atoms with Crippen molar-refractivity contribution in [2.45, 2.75) is 13.0 Å². The summed E-state index contributed by atoms with van der Waals surface area (Å²) in [6, 6.07) is 11.5. The van der Waals surface area contributed by atoms with E-state index in [2.05, 4.69) is 15.9 Å². The van der Waals surface area contributed by atoms with Gasteiger partial charge in [0.1, 0.15) is 17.3 Å². The standard InChI is InChI=1S/C14H13BrFNO/c1-9(17)10-2-7-14(13(15)8-10)18-12-5-3-11(16)4-6-12/h2-9H,17H2,1H3/t9-/m1/s1. The molecule has 0 saturated heterocycles. The Morgan fingerprint density at radius 2 is 1.83 bits per heavy atom. The molecule has 0 fully saturated rings. The van der Waals surface area contributed by atoms with E-state index in [-0.39, 0.29) is 11.9 Å². The Hall–Kier alpha value is -1.39. The van der Waals surface area contributed by atoms with Gasteiger partial charge in [0.05, 0.1) is 4.47 Å². The maximum atomic E-state index is 12.8. The minimum absolute atomic E-state index is 0.0267. The van der Waals surface area contributed by atoms with Crippen LogP contribution in [0.15, 0.2) is 46.9 Å². The van der Waals surface area contributed by atoms with Crippen molar-refractivity contribution >= 4 is 15.9 Å². The molecule has 4 heteroatoms. The van der Waals surface area contributed by atoms with Crippen LogP contribution >= 0.6 is 15.9 Å². The van der Waals surface area contributed by atoms with Crippen molar-refractivity contribution < 1.29 is 9.13 Å². The van der Waals surface area contributed by atoms with E-state index in [1.165, 1.54) is 12.1 Å². The van der Waals surface area contributed by atoms with Gasteiger partial charge in [-0.15, -0.1) is 0 Å². The molecule has 2 aromatic rings. The van der Waals surface area contributed by atoms with Crippen LogP contribution in [0, 0.1) is 5.82 Å². The molecule has 1 atom stereocenters. The first-order chi connectivity index (χ1) is 8.56. The van der Waals surface area contributed by atoms with Crippen LogP contribution in [-0.4, -0.2) is 0 Å². The highest BCUT2D eigenvalue weighted by molar-refractivity contribution is 9.10. The second-order valence-electron chi connectivity index (χ2n) is 4.03. The zero-order chi connectivity index (χ0) is 13.1. The van der Waals surface area contributed by atoms with Crippen LogP contribution < -0.4 is 10.5 Å². The Morgan fingerprint density at radius 3 is 2.39 bits per heavy atom. The average molecular weight is 310 g/mol. The molecule has 0 spiro atoms. The topological polar surface area (TPSA) is 35.2 Å². The van der Waals surface area contributed by atoms with Crippen molar-refractivity contribution in [2.75, 3.05) is 0 Å². The van der Waals surface area contributed by atoms with Gasteiger partial charge < -0.3 is 10.5 Å². The van der Waals surface area contributed by atoms with Gasteiger partial charge >= 0.3 is 0 Å². The molecule has 2 rings (SSSR count). The zero-order valence-corrected chi connectivity index (χ0v) is 11.4. The molecule has 0 bridgehead atoms. The first kappa shape index (κ1) is 13.1. The summed E-state index contributed by atoms with van der Waals surface area (Å²) in [6.45, 7) is 1.92. The number of nitrogens with two attached hydrogens (primary N) is 1. The van der Waals surface area contributed by atoms with Gasteiger partial charge in [-0.1, -0.05) is 6.07 Å². The smallest absolute Gasteiger partial charge is 0.141 e. The molecule has 0 aromatic heterocycles. The van der Waals surface area contributed by atoms with Crippen molar-refractivity contribution in [3.8, 4) is 11.5 Å². The van der Waals surface area contributed by atoms with E-state index in [1.807, 2.05) is 25.1 Å². The van der Waals surface area contributed by atoms with Gasteiger partial charge in [-0.3, -0.25) is 0 Å². The third-order valence-corrected chi connectivity index (χ3v) is 3.14. The Bertz CT molecular complexity index is 540. The predicted octanol–water partition coefficient (Wildman–Crippen LogP) is 4.40. The van der Waals surface area contributed by atoms with E-state index < -0.39 is 0 Å². The van der Waals surface area contributed by atoms with Crippen molar-refractivity contribution in [1.82, 2.24) is 0 Å². The van der Waals surface area contributed by atoms with Crippen LogP contribution in [0.2, 0.25) is 0 Å². The number of halogens is 2. The van der Waals surface area contributed by atoms with Gasteiger partial charge in [-0.2, -0.15) is 0 Å². The number of rotatable bonds is 3. The molecule has 94 valence electrons. The van der Waals surface area contributed by atoms with Crippen LogP contribution in [-0.2, 0) is 0 Å². The molecule has 0 aliphatic rings. The highest BCUT2D eigenvalue weighted by atomic mass is 79.9. The molecule has 2 N–H and O–H groups in total. The van der Waals surface area contributed by atoms with E-state index in [9.17, 15) is 4.39 Å². The Kier molecular flexibility index (Phi) is 3.99. The summed E-state index contributed by atoms with van der Waals surface area (Å²) in [7, 11) is 0. The molecular weight excluding hydrogens is 297 g/mol. The lowest BCUT2D eigenvalue weighted by Gasteiger charge is -2.11. The Labute approximate surface area is 114 Å². The average Bonchev–Trinajstić information content (AvgIpc) is 2.34. The first-order valence-electron chi connectivity index (χ1n) is 5.54. The number of ether oxygens (including phenoxy) is 1. The minimum Gasteiger partial charge on any atom is -0.456 e. The summed E-state index contributed by atoms with van der Waals surface area (Å²) < 4.78 is 19.2. The molecule has 0 aliphatic heterocycles. The highest BCUT2D eigenvalue weighted by Crippen LogP contribution is 2.31. The number of hydrogen-bond donors (Lipinski definition) is 1. The molecule has 0 amide bonds. The van der Waals surface area contributed by atoms with Crippen LogP contribution in [0.4, 0.5) is 4.39 Å². The van der Waals surface area contributed by atoms with Crippen molar-refractivity contribution in [3.63, 3.8) is 0 Å². The van der Waals surface area contributed by atoms with Gasteiger partial charge in [0.2, 0.25) is 0 Å². The monoisotopic (exact) mass is 309 g/mol. The van der Waals surface area contributed by atoms with Crippen LogP contribution in [0.1, 0.15) is 18.5 Å². The molecule has 0 aliphatic carbocycles. The zero-order valence-electron chi connectivity index (χ0n) is 9.86. The lowest BCUT2D eigenvalue weighted by Crippen LogP contribution is -2.04. The third-order valence-electron chi connectivity index (χ3n) is 2.52. The van der Waals surface area contributed by atoms with Crippen LogP contribution in [0.3, 0.4) is 0 Å². The second-order valence-corrected chi connectivity index (χ2v) is 4.89. The fourth-order valence-corrected chi connectivity index (χ4v) is 1.99. The Balaban J connectivity index is 2.22.